The molecule has 2 aromatic heterocycles. The number of aromatic nitrogens is 4. The number of hydrogen-bond donors (Lipinski definition) is 1. The van der Waals surface area contributed by atoms with Gasteiger partial charge in [0.1, 0.15) is 18.2 Å². The van der Waals surface area contributed by atoms with Gasteiger partial charge in [-0.15, -0.1) is 0 Å². The summed E-state index contributed by atoms with van der Waals surface area (Å²) in [6, 6.07) is 17.7. The smallest absolute Gasteiger partial charge is 0.144 e. The van der Waals surface area contributed by atoms with Gasteiger partial charge in [0, 0.05) is 36.0 Å². The Hall–Kier alpha value is -3.38. The van der Waals surface area contributed by atoms with Gasteiger partial charge in [0.25, 0.3) is 0 Å². The van der Waals surface area contributed by atoms with Crippen molar-refractivity contribution >= 4 is 0 Å². The van der Waals surface area contributed by atoms with E-state index in [9.17, 15) is 0 Å². The van der Waals surface area contributed by atoms with Gasteiger partial charge in [-0.2, -0.15) is 5.10 Å². The lowest BCUT2D eigenvalue weighted by atomic mass is 10.2. The molecule has 0 saturated carbocycles. The summed E-state index contributed by atoms with van der Waals surface area (Å²) in [6.45, 7) is 0.258. The summed E-state index contributed by atoms with van der Waals surface area (Å²) in [5.41, 5.74) is 2.96. The van der Waals surface area contributed by atoms with Crippen LogP contribution in [0, 0.1) is 0 Å². The Morgan fingerprint density at radius 3 is 2.54 bits per heavy atom. The second kappa shape index (κ2) is 7.25. The fourth-order valence-electron chi connectivity index (χ4n) is 2.80. The van der Waals surface area contributed by atoms with Crippen molar-refractivity contribution in [3.05, 3.63) is 79.4 Å². The van der Waals surface area contributed by atoms with Crippen molar-refractivity contribution in [2.75, 3.05) is 13.2 Å². The number of aliphatic hydroxyl groups excluding tert-OH is 1. The minimum atomic E-state index is -0.0124. The molecule has 4 rings (SSSR count). The molecule has 0 fully saturated rings. The third kappa shape index (κ3) is 3.22. The first-order valence-electron chi connectivity index (χ1n) is 8.33. The Morgan fingerprint density at radius 1 is 0.923 bits per heavy atom. The van der Waals surface area contributed by atoms with Gasteiger partial charge in [-0.1, -0.05) is 12.1 Å². The molecule has 1 N–H and O–H groups in total. The predicted octanol–water partition coefficient (Wildman–Crippen LogP) is 3.10. The Balaban J connectivity index is 1.65. The zero-order valence-corrected chi connectivity index (χ0v) is 14.1. The summed E-state index contributed by atoms with van der Waals surface area (Å²) >= 11 is 0. The molecule has 130 valence electrons. The summed E-state index contributed by atoms with van der Waals surface area (Å²) in [7, 11) is 0. The highest BCUT2D eigenvalue weighted by Gasteiger charge is 2.09. The van der Waals surface area contributed by atoms with Crippen LogP contribution in [0.15, 0.2) is 79.4 Å². The van der Waals surface area contributed by atoms with Gasteiger partial charge < -0.3 is 9.84 Å². The average molecular weight is 346 g/mol. The largest absolute Gasteiger partial charge is 0.491 e. The molecule has 0 amide bonds. The van der Waals surface area contributed by atoms with E-state index in [-0.39, 0.29) is 13.2 Å². The molecule has 0 aliphatic rings. The van der Waals surface area contributed by atoms with Gasteiger partial charge in [-0.05, 0) is 42.5 Å². The van der Waals surface area contributed by atoms with Gasteiger partial charge in [0.15, 0.2) is 0 Å². The molecular formula is C20H18N4O2. The molecule has 6 heteroatoms. The van der Waals surface area contributed by atoms with Crippen LogP contribution in [-0.4, -0.2) is 37.7 Å². The quantitative estimate of drug-likeness (QED) is 0.583. The second-order valence-electron chi connectivity index (χ2n) is 5.69. The van der Waals surface area contributed by atoms with E-state index in [0.29, 0.717) is 5.75 Å². The summed E-state index contributed by atoms with van der Waals surface area (Å²) in [5.74, 6) is 1.53. The molecule has 0 spiro atoms. The Labute approximate surface area is 150 Å². The van der Waals surface area contributed by atoms with E-state index in [2.05, 4.69) is 10.1 Å². The third-order valence-corrected chi connectivity index (χ3v) is 3.99. The summed E-state index contributed by atoms with van der Waals surface area (Å²) < 4.78 is 9.35. The number of nitrogens with zero attached hydrogens (tertiary/aromatic N) is 4. The van der Waals surface area contributed by atoms with Crippen molar-refractivity contribution in [1.29, 1.82) is 0 Å². The number of rotatable bonds is 6. The fourth-order valence-corrected chi connectivity index (χ4v) is 2.80. The molecule has 0 radical (unpaired) electrons. The SMILES string of the molecule is OCCOc1cccc(-c2nccn2-c2ccc(-n3cccn3)cc2)c1. The van der Waals surface area contributed by atoms with E-state index < -0.39 is 0 Å². The van der Waals surface area contributed by atoms with Crippen molar-refractivity contribution in [1.82, 2.24) is 19.3 Å². The van der Waals surface area contributed by atoms with Gasteiger partial charge >= 0.3 is 0 Å². The molecule has 0 bridgehead atoms. The summed E-state index contributed by atoms with van der Waals surface area (Å²) in [6.07, 6.45) is 7.38. The Kier molecular flexibility index (Phi) is 4.49. The minimum absolute atomic E-state index is 0.0124. The van der Waals surface area contributed by atoms with Gasteiger partial charge in [0.05, 0.1) is 12.3 Å². The topological polar surface area (TPSA) is 65.1 Å². The van der Waals surface area contributed by atoms with Crippen molar-refractivity contribution in [2.45, 2.75) is 0 Å². The zero-order chi connectivity index (χ0) is 17.8. The maximum atomic E-state index is 8.92. The molecule has 0 unspecified atom stereocenters. The molecule has 0 saturated heterocycles. The maximum Gasteiger partial charge on any atom is 0.144 e. The maximum absolute atomic E-state index is 8.92. The Bertz CT molecular complexity index is 975. The van der Waals surface area contributed by atoms with Crippen LogP contribution in [0.25, 0.3) is 22.8 Å². The van der Waals surface area contributed by atoms with Crippen molar-refractivity contribution in [3.63, 3.8) is 0 Å². The van der Waals surface area contributed by atoms with Crippen molar-refractivity contribution < 1.29 is 9.84 Å². The lowest BCUT2D eigenvalue weighted by Crippen LogP contribution is -2.02. The van der Waals surface area contributed by atoms with Crippen LogP contribution < -0.4 is 4.74 Å². The number of ether oxygens (including phenoxy) is 1. The first-order valence-corrected chi connectivity index (χ1v) is 8.33. The van der Waals surface area contributed by atoms with E-state index in [1.54, 1.807) is 12.4 Å². The number of benzene rings is 2. The highest BCUT2D eigenvalue weighted by atomic mass is 16.5. The van der Waals surface area contributed by atoms with Crippen LogP contribution in [0.5, 0.6) is 5.75 Å². The van der Waals surface area contributed by atoms with E-state index in [0.717, 1.165) is 22.8 Å². The molecule has 0 aliphatic carbocycles. The number of aliphatic hydroxyl groups is 1. The molecule has 2 heterocycles. The van der Waals surface area contributed by atoms with E-state index >= 15 is 0 Å². The highest BCUT2D eigenvalue weighted by molar-refractivity contribution is 5.61. The molecule has 0 aliphatic heterocycles. The van der Waals surface area contributed by atoms with Crippen LogP contribution in [0.1, 0.15) is 0 Å². The van der Waals surface area contributed by atoms with Gasteiger partial charge in [-0.3, -0.25) is 4.57 Å². The molecule has 6 nitrogen and oxygen atoms in total. The van der Waals surface area contributed by atoms with E-state index in [4.69, 9.17) is 9.84 Å². The fraction of sp³-hybridized carbons (Fsp3) is 0.100. The number of hydrogen-bond acceptors (Lipinski definition) is 4. The van der Waals surface area contributed by atoms with Crippen LogP contribution in [-0.2, 0) is 0 Å². The first kappa shape index (κ1) is 16.1. The predicted molar refractivity (Wildman–Crippen MR) is 98.7 cm³/mol. The normalized spacial score (nSPS) is 10.8. The van der Waals surface area contributed by atoms with Crippen LogP contribution >= 0.6 is 0 Å². The number of imidazole rings is 1. The lowest BCUT2D eigenvalue weighted by Gasteiger charge is -2.11. The molecule has 2 aromatic carbocycles. The van der Waals surface area contributed by atoms with Gasteiger partial charge in [-0.25, -0.2) is 9.67 Å². The van der Waals surface area contributed by atoms with Gasteiger partial charge in [0.2, 0.25) is 0 Å². The Morgan fingerprint density at radius 2 is 1.77 bits per heavy atom. The lowest BCUT2D eigenvalue weighted by molar-refractivity contribution is 0.201. The summed E-state index contributed by atoms with van der Waals surface area (Å²) in [5, 5.41) is 13.2. The average Bonchev–Trinajstić information content (AvgIpc) is 3.38. The summed E-state index contributed by atoms with van der Waals surface area (Å²) in [4.78, 5) is 4.50. The zero-order valence-electron chi connectivity index (χ0n) is 14.1. The van der Waals surface area contributed by atoms with Crippen LogP contribution in [0.2, 0.25) is 0 Å². The second-order valence-corrected chi connectivity index (χ2v) is 5.69. The standard InChI is InChI=1S/C20H18N4O2/c25-13-14-26-19-4-1-3-16(15-19)20-21-10-12-23(20)17-5-7-18(8-6-17)24-11-2-9-22-24/h1-12,15,25H,13-14H2. The van der Waals surface area contributed by atoms with Crippen molar-refractivity contribution in [2.24, 2.45) is 0 Å². The monoisotopic (exact) mass is 346 g/mol. The van der Waals surface area contributed by atoms with E-state index in [1.807, 2.05) is 76.2 Å². The van der Waals surface area contributed by atoms with Crippen LogP contribution in [0.3, 0.4) is 0 Å². The first-order chi connectivity index (χ1) is 12.8. The van der Waals surface area contributed by atoms with Crippen LogP contribution in [0.4, 0.5) is 0 Å². The molecule has 0 atom stereocenters. The van der Waals surface area contributed by atoms with E-state index in [1.165, 1.54) is 0 Å². The molecule has 4 aromatic rings. The minimum Gasteiger partial charge on any atom is -0.491 e. The molecular weight excluding hydrogens is 328 g/mol. The third-order valence-electron chi connectivity index (χ3n) is 3.99. The highest BCUT2D eigenvalue weighted by Crippen LogP contribution is 2.25. The molecule has 26 heavy (non-hydrogen) atoms. The van der Waals surface area contributed by atoms with Crippen molar-refractivity contribution in [3.8, 4) is 28.5 Å².